The molecule has 0 fully saturated rings. The molecule has 1 aliphatic rings. The van der Waals surface area contributed by atoms with Crippen molar-refractivity contribution in [2.75, 3.05) is 14.2 Å². The van der Waals surface area contributed by atoms with Crippen molar-refractivity contribution in [2.45, 2.75) is 6.92 Å². The molecule has 0 saturated heterocycles. The van der Waals surface area contributed by atoms with E-state index < -0.39 is 0 Å². The molecule has 1 aromatic rings. The number of methoxy groups -OCH3 is 2. The van der Waals surface area contributed by atoms with Gasteiger partial charge in [-0.1, -0.05) is 29.8 Å². The molecular weight excluding hydrogens is 448 g/mol. The third-order valence-corrected chi connectivity index (χ3v) is 2.81. The predicted octanol–water partition coefficient (Wildman–Crippen LogP) is 4.66. The van der Waals surface area contributed by atoms with Crippen molar-refractivity contribution in [1.82, 2.24) is 0 Å². The Morgan fingerprint density at radius 2 is 1.88 bits per heavy atom. The van der Waals surface area contributed by atoms with Gasteiger partial charge in [0, 0.05) is 24.0 Å². The van der Waals surface area contributed by atoms with Crippen LogP contribution in [0.3, 0.4) is 0 Å². The topological polar surface area (TPSA) is 84.0 Å². The summed E-state index contributed by atoms with van der Waals surface area (Å²) in [4.78, 5) is 11.8. The Morgan fingerprint density at radius 3 is 2.42 bits per heavy atom. The molecule has 0 spiro atoms. The minimum absolute atomic E-state index is 0.390. The molecule has 0 saturated carbocycles. The number of nitriles is 1. The van der Waals surface area contributed by atoms with E-state index >= 15 is 0 Å². The zero-order valence-corrected chi connectivity index (χ0v) is 16.8. The van der Waals surface area contributed by atoms with Crippen LogP contribution < -0.4 is 0 Å². The first kappa shape index (κ1) is 23.6. The van der Waals surface area contributed by atoms with E-state index in [9.17, 15) is 4.79 Å². The molecule has 1 amide bonds. The molecule has 0 radical (unpaired) electrons. The number of carbonyl (C=O) groups excluding carboxylic acids is 1. The standard InChI is InChI=1S/C16H15N2O3.C2H3N.ClH.Pd/c1-20-14-9-8-13(15(10-14)21-2)11-17-18-16(19)12-6-4-3-5-7-12;1-2-3;;/h3-11H,1-2H3;1H3;1H;/q-1;;;+2/p-1. The van der Waals surface area contributed by atoms with Crippen LogP contribution in [0.5, 0.6) is 0 Å². The van der Waals surface area contributed by atoms with Crippen LogP contribution in [0.2, 0.25) is 0 Å². The maximum atomic E-state index is 11.8. The van der Waals surface area contributed by atoms with E-state index in [0.717, 1.165) is 0 Å². The van der Waals surface area contributed by atoms with Gasteiger partial charge in [0.15, 0.2) is 0 Å². The molecule has 0 bridgehead atoms. The summed E-state index contributed by atoms with van der Waals surface area (Å²) in [7, 11) is 7.62. The number of hydrogen-bond donors (Lipinski definition) is 0. The van der Waals surface area contributed by atoms with Gasteiger partial charge in [0.2, 0.25) is 0 Å². The average molecular weight is 466 g/mol. The molecule has 0 heterocycles. The first-order valence-electron chi connectivity index (χ1n) is 7.14. The zero-order valence-electron chi connectivity index (χ0n) is 14.5. The predicted molar refractivity (Wildman–Crippen MR) is 95.3 cm³/mol. The molecule has 0 unspecified atom stereocenters. The van der Waals surface area contributed by atoms with Crippen LogP contribution in [0, 0.1) is 17.8 Å². The van der Waals surface area contributed by atoms with Crippen LogP contribution in [0.1, 0.15) is 17.3 Å². The van der Waals surface area contributed by atoms with Gasteiger partial charge in [0.25, 0.3) is 5.91 Å². The summed E-state index contributed by atoms with van der Waals surface area (Å²) >= 11 is 2.22. The fraction of sp³-hybridized carbons (Fsp3) is 0.167. The van der Waals surface area contributed by atoms with E-state index in [1.165, 1.54) is 13.1 Å². The zero-order chi connectivity index (χ0) is 19.8. The van der Waals surface area contributed by atoms with E-state index in [1.807, 2.05) is 6.07 Å². The van der Waals surface area contributed by atoms with Gasteiger partial charge in [-0.05, 0) is 18.3 Å². The summed E-state index contributed by atoms with van der Waals surface area (Å²) in [6.45, 7) is 1.43. The average Bonchev–Trinajstić information content (AvgIpc) is 2.70. The van der Waals surface area contributed by atoms with Crippen molar-refractivity contribution >= 4 is 15.4 Å². The fourth-order valence-corrected chi connectivity index (χ4v) is 1.71. The Hall–Kier alpha value is -2.38. The Kier molecular flexibility index (Phi) is 13.6. The molecular formula is C18H18ClN3O3Pd. The molecule has 8 heteroatoms. The minimum atomic E-state index is -0.390. The summed E-state index contributed by atoms with van der Waals surface area (Å²) in [6, 6.07) is 10.5. The normalized spacial score (nSPS) is 13.7. The Labute approximate surface area is 168 Å². The summed E-state index contributed by atoms with van der Waals surface area (Å²) in [5.41, 5.74) is 1.21. The van der Waals surface area contributed by atoms with Gasteiger partial charge >= 0.3 is 27.7 Å². The molecule has 0 atom stereocenters. The van der Waals surface area contributed by atoms with Crippen molar-refractivity contribution in [3.63, 3.8) is 0 Å². The summed E-state index contributed by atoms with van der Waals surface area (Å²) in [6.07, 6.45) is 6.77. The van der Waals surface area contributed by atoms with Crippen LogP contribution in [0.4, 0.5) is 0 Å². The number of halogens is 1. The van der Waals surface area contributed by atoms with E-state index in [0.29, 0.717) is 22.7 Å². The summed E-state index contributed by atoms with van der Waals surface area (Å²) in [5, 5.41) is 14.8. The number of hydrogen-bond acceptors (Lipinski definition) is 5. The van der Waals surface area contributed by atoms with Crippen molar-refractivity contribution in [1.29, 1.82) is 5.26 Å². The number of ether oxygens (including phenoxy) is 2. The quantitative estimate of drug-likeness (QED) is 0.367. The van der Waals surface area contributed by atoms with Crippen molar-refractivity contribution < 1.29 is 32.4 Å². The molecule has 1 aliphatic carbocycles. The van der Waals surface area contributed by atoms with Crippen LogP contribution in [-0.2, 0) is 27.7 Å². The van der Waals surface area contributed by atoms with E-state index in [2.05, 4.69) is 37.9 Å². The van der Waals surface area contributed by atoms with Gasteiger partial charge in [0.1, 0.15) is 0 Å². The molecule has 0 aromatic heterocycles. The number of rotatable bonds is 4. The van der Waals surface area contributed by atoms with Gasteiger partial charge in [-0.3, -0.25) is 4.79 Å². The number of nitrogens with zero attached hydrogens (tertiary/aromatic N) is 3. The van der Waals surface area contributed by atoms with E-state index in [1.54, 1.807) is 63.1 Å². The van der Waals surface area contributed by atoms with Gasteiger partial charge in [0.05, 0.1) is 20.3 Å². The first-order valence-corrected chi connectivity index (χ1v) is 9.14. The molecule has 2 rings (SSSR count). The Morgan fingerprint density at radius 1 is 1.27 bits per heavy atom. The molecule has 0 N–H and O–H groups in total. The van der Waals surface area contributed by atoms with E-state index in [-0.39, 0.29) is 5.91 Å². The summed E-state index contributed by atoms with van der Waals surface area (Å²) in [5.74, 6) is 0.890. The number of allylic oxidation sites excluding steroid dienone is 3. The van der Waals surface area contributed by atoms with Crippen molar-refractivity contribution in [3.8, 4) is 6.07 Å². The number of carbonyl (C=O) groups is 1. The number of azo groups is 1. The fourth-order valence-electron chi connectivity index (χ4n) is 1.71. The SMILES string of the molecule is CC#N.COC1=C[CH-]C(=CN=NC(=O)c2ccccc2)C(OC)=C1.[Cl][Pd+]. The molecule has 0 aliphatic heterocycles. The van der Waals surface area contributed by atoms with Crippen LogP contribution in [0.15, 0.2) is 76.0 Å². The first-order chi connectivity index (χ1) is 12.7. The van der Waals surface area contributed by atoms with Gasteiger partial charge in [-0.25, -0.2) is 5.11 Å². The maximum absolute atomic E-state index is 11.8. The van der Waals surface area contributed by atoms with Gasteiger partial charge in [-0.2, -0.15) is 5.26 Å². The van der Waals surface area contributed by atoms with Crippen molar-refractivity contribution in [2.24, 2.45) is 10.2 Å². The number of benzene rings is 1. The third-order valence-electron chi connectivity index (χ3n) is 2.81. The Balaban J connectivity index is 0.00000113. The van der Waals surface area contributed by atoms with E-state index in [4.69, 9.17) is 14.7 Å². The van der Waals surface area contributed by atoms with Crippen LogP contribution in [0.25, 0.3) is 0 Å². The van der Waals surface area contributed by atoms with Crippen molar-refractivity contribution in [3.05, 3.63) is 77.8 Å². The second-order valence-corrected chi connectivity index (χ2v) is 4.35. The molecule has 6 nitrogen and oxygen atoms in total. The monoisotopic (exact) mass is 465 g/mol. The molecule has 140 valence electrons. The van der Waals surface area contributed by atoms with Crippen LogP contribution >= 0.6 is 9.53 Å². The second kappa shape index (κ2) is 14.9. The molecule has 26 heavy (non-hydrogen) atoms. The summed E-state index contributed by atoms with van der Waals surface area (Å²) < 4.78 is 10.3. The number of amides is 1. The van der Waals surface area contributed by atoms with Gasteiger partial charge < -0.3 is 9.47 Å². The third kappa shape index (κ3) is 8.64. The van der Waals surface area contributed by atoms with Gasteiger partial charge in [-0.15, -0.1) is 17.6 Å². The Bertz CT molecular complexity index is 723. The molecule has 1 aromatic carbocycles. The second-order valence-electron chi connectivity index (χ2n) is 4.35. The van der Waals surface area contributed by atoms with Crippen LogP contribution in [-0.4, -0.2) is 20.1 Å².